The van der Waals surface area contributed by atoms with Gasteiger partial charge in [0.1, 0.15) is 18.0 Å². The fourth-order valence-electron chi connectivity index (χ4n) is 2.99. The normalized spacial score (nSPS) is 19.7. The fraction of sp³-hybridized carbons (Fsp3) is 0.316. The van der Waals surface area contributed by atoms with Crippen LogP contribution in [0.2, 0.25) is 0 Å². The highest BCUT2D eigenvalue weighted by Crippen LogP contribution is 2.46. The first-order valence-electron chi connectivity index (χ1n) is 8.79. The van der Waals surface area contributed by atoms with Crippen molar-refractivity contribution in [3.05, 3.63) is 65.7 Å². The average molecular weight is 390 g/mol. The lowest BCUT2D eigenvalue weighted by Crippen LogP contribution is -2.45. The Bertz CT molecular complexity index is 830. The number of carbonyl (C=O) groups is 1. The predicted molar refractivity (Wildman–Crippen MR) is 101 cm³/mol. The van der Waals surface area contributed by atoms with Gasteiger partial charge >= 0.3 is 0 Å². The third kappa shape index (κ3) is 5.17. The van der Waals surface area contributed by atoms with Crippen LogP contribution in [0.4, 0.5) is 0 Å². The number of hydrogen-bond acceptors (Lipinski definition) is 4. The molecular formula is C19H23N2O5P. The van der Waals surface area contributed by atoms with Crippen LogP contribution < -0.4 is 5.09 Å². The van der Waals surface area contributed by atoms with E-state index in [0.717, 1.165) is 5.56 Å². The molecule has 0 aliphatic carbocycles. The average Bonchev–Trinajstić information content (AvgIpc) is 2.66. The Morgan fingerprint density at radius 2 is 1.89 bits per heavy atom. The zero-order chi connectivity index (χ0) is 19.3. The summed E-state index contributed by atoms with van der Waals surface area (Å²) in [4.78, 5) is 28.6. The van der Waals surface area contributed by atoms with E-state index < -0.39 is 19.1 Å². The Morgan fingerprint density at radius 1 is 1.15 bits per heavy atom. The van der Waals surface area contributed by atoms with Crippen molar-refractivity contribution >= 4 is 13.4 Å². The fourth-order valence-corrected chi connectivity index (χ4v) is 4.58. The number of nitrogens with zero attached hydrogens (tertiary/aromatic N) is 1. The summed E-state index contributed by atoms with van der Waals surface area (Å²) in [5.74, 6) is -0.400. The van der Waals surface area contributed by atoms with E-state index in [2.05, 4.69) is 5.09 Å². The van der Waals surface area contributed by atoms with E-state index in [4.69, 9.17) is 4.84 Å². The highest BCUT2D eigenvalue weighted by Gasteiger charge is 2.42. The van der Waals surface area contributed by atoms with Gasteiger partial charge in [0.2, 0.25) is 0 Å². The monoisotopic (exact) mass is 390 g/mol. The molecule has 27 heavy (non-hydrogen) atoms. The number of phenolic OH excluding ortho intramolecular Hbond substituents is 1. The van der Waals surface area contributed by atoms with E-state index >= 15 is 0 Å². The molecule has 1 aliphatic rings. The highest BCUT2D eigenvalue weighted by atomic mass is 31.2. The summed E-state index contributed by atoms with van der Waals surface area (Å²) in [5.41, 5.74) is 0.533. The summed E-state index contributed by atoms with van der Waals surface area (Å²) >= 11 is 0. The molecule has 2 aromatic carbocycles. The van der Waals surface area contributed by atoms with Crippen LogP contribution in [0, 0.1) is 0 Å². The minimum Gasteiger partial charge on any atom is -0.508 e. The van der Waals surface area contributed by atoms with Crippen molar-refractivity contribution < 1.29 is 24.2 Å². The summed E-state index contributed by atoms with van der Waals surface area (Å²) in [6, 6.07) is 15.8. The number of benzene rings is 2. The van der Waals surface area contributed by atoms with Gasteiger partial charge in [-0.25, -0.2) is 10.2 Å². The molecule has 0 aromatic heterocycles. The largest absolute Gasteiger partial charge is 0.508 e. The lowest BCUT2D eigenvalue weighted by atomic mass is 10.1. The number of carbonyl (C=O) groups excluding carboxylic acids is 1. The van der Waals surface area contributed by atoms with E-state index in [1.807, 2.05) is 30.3 Å². The number of aromatic hydroxyl groups is 1. The van der Waals surface area contributed by atoms with E-state index in [9.17, 15) is 19.4 Å². The number of nitrogens with one attached hydrogen (secondary N) is 1. The lowest BCUT2D eigenvalue weighted by Gasteiger charge is -2.33. The van der Waals surface area contributed by atoms with Gasteiger partial charge in [0, 0.05) is 13.1 Å². The van der Waals surface area contributed by atoms with E-state index in [1.165, 1.54) is 17.2 Å². The maximum Gasteiger partial charge on any atom is 0.279 e. The summed E-state index contributed by atoms with van der Waals surface area (Å²) < 4.78 is 12.7. The third-order valence-corrected chi connectivity index (χ3v) is 6.38. The molecule has 1 heterocycles. The van der Waals surface area contributed by atoms with Crippen LogP contribution in [0.15, 0.2) is 54.6 Å². The molecule has 2 atom stereocenters. The number of hydrogen-bond donors (Lipinski definition) is 3. The molecule has 1 fully saturated rings. The molecule has 0 saturated carbocycles. The quantitative estimate of drug-likeness (QED) is 0.629. The van der Waals surface area contributed by atoms with Gasteiger partial charge in [0.25, 0.3) is 13.4 Å². The molecule has 8 heteroatoms. The minimum absolute atomic E-state index is 0.0799. The second kappa shape index (κ2) is 8.67. The molecule has 2 unspecified atom stereocenters. The number of amides is 1. The van der Waals surface area contributed by atoms with Crippen LogP contribution in [0.3, 0.4) is 0 Å². The molecule has 1 saturated heterocycles. The van der Waals surface area contributed by atoms with Crippen molar-refractivity contribution in [3.63, 3.8) is 0 Å². The van der Waals surface area contributed by atoms with Crippen LogP contribution in [0.1, 0.15) is 24.0 Å². The van der Waals surface area contributed by atoms with E-state index in [1.54, 1.807) is 12.1 Å². The minimum atomic E-state index is -3.94. The second-order valence-corrected chi connectivity index (χ2v) is 8.67. The topological polar surface area (TPSA) is 99.1 Å². The van der Waals surface area contributed by atoms with Gasteiger partial charge in [0.15, 0.2) is 0 Å². The van der Waals surface area contributed by atoms with Gasteiger partial charge in [0.05, 0.1) is 0 Å². The van der Waals surface area contributed by atoms with Crippen molar-refractivity contribution in [2.45, 2.75) is 31.7 Å². The SMILES string of the molecule is O=C1C(P(=O)(O)NCc2cccc(O)c2)CCCN1OCc1ccccc1. The Labute approximate surface area is 158 Å². The number of phenols is 1. The van der Waals surface area contributed by atoms with Gasteiger partial charge < -0.3 is 10.00 Å². The molecule has 3 rings (SSSR count). The summed E-state index contributed by atoms with van der Waals surface area (Å²) in [6.07, 6.45) is 0.911. The maximum absolute atomic E-state index is 12.7. The molecule has 0 bridgehead atoms. The Morgan fingerprint density at radius 3 is 2.63 bits per heavy atom. The van der Waals surface area contributed by atoms with Crippen LogP contribution in [-0.4, -0.2) is 33.2 Å². The van der Waals surface area contributed by atoms with Crippen LogP contribution >= 0.6 is 7.52 Å². The van der Waals surface area contributed by atoms with E-state index in [-0.39, 0.29) is 18.9 Å². The Balaban J connectivity index is 1.60. The first-order valence-corrected chi connectivity index (χ1v) is 10.5. The summed E-state index contributed by atoms with van der Waals surface area (Å²) in [6.45, 7) is 0.706. The molecular weight excluding hydrogens is 367 g/mol. The van der Waals surface area contributed by atoms with Crippen LogP contribution in [-0.2, 0) is 27.3 Å². The first-order chi connectivity index (χ1) is 13.0. The van der Waals surface area contributed by atoms with Crippen molar-refractivity contribution in [3.8, 4) is 5.75 Å². The van der Waals surface area contributed by atoms with Crippen molar-refractivity contribution in [2.24, 2.45) is 0 Å². The smallest absolute Gasteiger partial charge is 0.279 e. The zero-order valence-electron chi connectivity index (χ0n) is 14.8. The van der Waals surface area contributed by atoms with Gasteiger partial charge in [-0.05, 0) is 36.1 Å². The first kappa shape index (κ1) is 19.6. The predicted octanol–water partition coefficient (Wildman–Crippen LogP) is 2.79. The van der Waals surface area contributed by atoms with Gasteiger partial charge in [-0.1, -0.05) is 42.5 Å². The molecule has 0 spiro atoms. The molecule has 0 radical (unpaired) electrons. The van der Waals surface area contributed by atoms with Crippen LogP contribution in [0.25, 0.3) is 0 Å². The second-order valence-electron chi connectivity index (χ2n) is 6.49. The molecule has 3 N–H and O–H groups in total. The van der Waals surface area contributed by atoms with Crippen molar-refractivity contribution in [2.75, 3.05) is 6.54 Å². The maximum atomic E-state index is 12.7. The Kier molecular flexibility index (Phi) is 6.29. The highest BCUT2D eigenvalue weighted by molar-refractivity contribution is 7.57. The molecule has 1 aliphatic heterocycles. The summed E-state index contributed by atoms with van der Waals surface area (Å²) in [5, 5.41) is 13.3. The molecule has 2 aromatic rings. The molecule has 7 nitrogen and oxygen atoms in total. The molecule has 1 amide bonds. The van der Waals surface area contributed by atoms with Gasteiger partial charge in [-0.3, -0.25) is 14.2 Å². The zero-order valence-corrected chi connectivity index (χ0v) is 15.7. The molecule has 144 valence electrons. The van der Waals surface area contributed by atoms with E-state index in [0.29, 0.717) is 24.9 Å². The lowest BCUT2D eigenvalue weighted by molar-refractivity contribution is -0.196. The van der Waals surface area contributed by atoms with Gasteiger partial charge in [-0.2, -0.15) is 0 Å². The van der Waals surface area contributed by atoms with Crippen LogP contribution in [0.5, 0.6) is 5.75 Å². The summed E-state index contributed by atoms with van der Waals surface area (Å²) in [7, 11) is -3.94. The number of hydroxylamine groups is 2. The van der Waals surface area contributed by atoms with Crippen molar-refractivity contribution in [1.82, 2.24) is 10.2 Å². The number of rotatable bonds is 7. The Hall–Kier alpha value is -2.18. The van der Waals surface area contributed by atoms with Crippen molar-refractivity contribution in [1.29, 1.82) is 0 Å². The van der Waals surface area contributed by atoms with Gasteiger partial charge in [-0.15, -0.1) is 0 Å². The standard InChI is InChI=1S/C19H23N2O5P/c22-17-9-4-8-16(12-17)13-20-27(24,25)18-10-5-11-21(19(18)23)26-14-15-6-2-1-3-7-15/h1-4,6-9,12,18,22H,5,10-11,13-14H2,(H2,20,24,25). The number of piperidine rings is 1. The third-order valence-electron chi connectivity index (χ3n) is 4.44.